The molecule has 0 aromatic carbocycles. The predicted molar refractivity (Wildman–Crippen MR) is 73.3 cm³/mol. The fourth-order valence-corrected chi connectivity index (χ4v) is 2.16. The fraction of sp³-hybridized carbons (Fsp3) is 0.429. The van der Waals surface area contributed by atoms with Crippen LogP contribution < -0.4 is 5.32 Å². The molecular formula is C14H19N5. The maximum Gasteiger partial charge on any atom is 0.120 e. The Labute approximate surface area is 113 Å². The minimum atomic E-state index is 0.236. The number of aromatic nitrogens is 3. The molecule has 0 radical (unpaired) electrons. The molecule has 0 saturated heterocycles. The summed E-state index contributed by atoms with van der Waals surface area (Å²) in [4.78, 5) is 0. The van der Waals surface area contributed by atoms with Crippen molar-refractivity contribution < 1.29 is 0 Å². The van der Waals surface area contributed by atoms with Crippen molar-refractivity contribution in [2.24, 2.45) is 14.1 Å². The van der Waals surface area contributed by atoms with Crippen LogP contribution in [0.1, 0.15) is 35.5 Å². The van der Waals surface area contributed by atoms with Crippen molar-refractivity contribution in [3.63, 3.8) is 0 Å². The Morgan fingerprint density at radius 2 is 2.21 bits per heavy atom. The van der Waals surface area contributed by atoms with Gasteiger partial charge in [0.05, 0.1) is 6.20 Å². The molecule has 0 saturated carbocycles. The largest absolute Gasteiger partial charge is 0.342 e. The lowest BCUT2D eigenvalue weighted by Gasteiger charge is -2.12. The van der Waals surface area contributed by atoms with Gasteiger partial charge >= 0.3 is 0 Å². The number of nitriles is 1. The van der Waals surface area contributed by atoms with Gasteiger partial charge in [-0.2, -0.15) is 10.4 Å². The van der Waals surface area contributed by atoms with Crippen LogP contribution in [-0.2, 0) is 20.6 Å². The third-order valence-electron chi connectivity index (χ3n) is 3.53. The van der Waals surface area contributed by atoms with E-state index in [1.54, 1.807) is 0 Å². The number of nitrogens with zero attached hydrogens (tertiary/aromatic N) is 4. The van der Waals surface area contributed by atoms with Crippen molar-refractivity contribution in [2.45, 2.75) is 26.4 Å². The molecule has 2 rings (SSSR count). The van der Waals surface area contributed by atoms with E-state index in [0.717, 1.165) is 12.1 Å². The monoisotopic (exact) mass is 257 g/mol. The first kappa shape index (κ1) is 13.4. The first-order valence-corrected chi connectivity index (χ1v) is 6.30. The topological polar surface area (TPSA) is 58.6 Å². The second kappa shape index (κ2) is 5.29. The summed E-state index contributed by atoms with van der Waals surface area (Å²) in [6, 6.07) is 4.32. The van der Waals surface area contributed by atoms with Crippen molar-refractivity contribution in [3.05, 3.63) is 41.0 Å². The molecule has 2 aromatic rings. The van der Waals surface area contributed by atoms with Crippen LogP contribution in [0.2, 0.25) is 0 Å². The smallest absolute Gasteiger partial charge is 0.120 e. The quantitative estimate of drug-likeness (QED) is 0.908. The molecular weight excluding hydrogens is 238 g/mol. The molecule has 1 N–H and O–H groups in total. The molecule has 2 heterocycles. The maximum atomic E-state index is 8.92. The van der Waals surface area contributed by atoms with Gasteiger partial charge in [-0.05, 0) is 25.5 Å². The number of nitrogens with one attached hydrogen (secondary N) is 1. The Morgan fingerprint density at radius 3 is 2.74 bits per heavy atom. The Hall–Kier alpha value is -2.06. The van der Waals surface area contributed by atoms with E-state index in [-0.39, 0.29) is 6.04 Å². The highest BCUT2D eigenvalue weighted by Gasteiger charge is 2.12. The highest BCUT2D eigenvalue weighted by molar-refractivity contribution is 5.28. The van der Waals surface area contributed by atoms with Crippen LogP contribution in [0.3, 0.4) is 0 Å². The van der Waals surface area contributed by atoms with Crippen LogP contribution >= 0.6 is 0 Å². The van der Waals surface area contributed by atoms with Crippen LogP contribution in [-0.4, -0.2) is 14.3 Å². The first-order valence-electron chi connectivity index (χ1n) is 6.30. The highest BCUT2D eigenvalue weighted by Crippen LogP contribution is 2.17. The summed E-state index contributed by atoms with van der Waals surface area (Å²) in [5.74, 6) is 0. The van der Waals surface area contributed by atoms with Crippen LogP contribution in [0.5, 0.6) is 0 Å². The van der Waals surface area contributed by atoms with E-state index in [2.05, 4.69) is 30.3 Å². The Kier molecular flexibility index (Phi) is 3.72. The summed E-state index contributed by atoms with van der Waals surface area (Å²) in [6.07, 6.45) is 3.88. The Balaban J connectivity index is 2.02. The predicted octanol–water partition coefficient (Wildman–Crippen LogP) is 1.79. The normalized spacial score (nSPS) is 12.4. The minimum Gasteiger partial charge on any atom is -0.342 e. The molecule has 0 spiro atoms. The SMILES string of the molecule is Cc1c(C(C)NCc2cc(C#N)n(C)c2)cnn1C. The van der Waals surface area contributed by atoms with E-state index in [1.807, 2.05) is 41.8 Å². The molecule has 2 aromatic heterocycles. The van der Waals surface area contributed by atoms with E-state index in [9.17, 15) is 0 Å². The van der Waals surface area contributed by atoms with Crippen molar-refractivity contribution in [3.8, 4) is 6.07 Å². The van der Waals surface area contributed by atoms with Gasteiger partial charge in [-0.15, -0.1) is 0 Å². The molecule has 1 unspecified atom stereocenters. The molecule has 5 heteroatoms. The molecule has 0 aliphatic heterocycles. The zero-order valence-electron chi connectivity index (χ0n) is 11.8. The van der Waals surface area contributed by atoms with Crippen molar-refractivity contribution >= 4 is 0 Å². The van der Waals surface area contributed by atoms with Crippen LogP contribution in [0.25, 0.3) is 0 Å². The molecule has 0 fully saturated rings. The summed E-state index contributed by atoms with van der Waals surface area (Å²) in [6.45, 7) is 4.93. The fourth-order valence-electron chi connectivity index (χ4n) is 2.16. The lowest BCUT2D eigenvalue weighted by molar-refractivity contribution is 0.570. The number of hydrogen-bond donors (Lipinski definition) is 1. The van der Waals surface area contributed by atoms with Gasteiger partial charge in [0.15, 0.2) is 0 Å². The second-order valence-corrected chi connectivity index (χ2v) is 4.87. The van der Waals surface area contributed by atoms with Crippen molar-refractivity contribution in [2.75, 3.05) is 0 Å². The van der Waals surface area contributed by atoms with Crippen LogP contribution in [0.15, 0.2) is 18.5 Å². The molecule has 100 valence electrons. The second-order valence-electron chi connectivity index (χ2n) is 4.87. The highest BCUT2D eigenvalue weighted by atomic mass is 15.3. The van der Waals surface area contributed by atoms with E-state index < -0.39 is 0 Å². The van der Waals surface area contributed by atoms with Crippen molar-refractivity contribution in [1.29, 1.82) is 5.26 Å². The van der Waals surface area contributed by atoms with Gasteiger partial charge in [-0.25, -0.2) is 0 Å². The molecule has 0 bridgehead atoms. The van der Waals surface area contributed by atoms with Crippen LogP contribution in [0.4, 0.5) is 0 Å². The summed E-state index contributed by atoms with van der Waals surface area (Å²) in [7, 11) is 3.83. The van der Waals surface area contributed by atoms with Crippen molar-refractivity contribution in [1.82, 2.24) is 19.7 Å². The summed E-state index contributed by atoms with van der Waals surface area (Å²) >= 11 is 0. The third kappa shape index (κ3) is 2.69. The summed E-state index contributed by atoms with van der Waals surface area (Å²) in [5, 5.41) is 16.6. The van der Waals surface area contributed by atoms with Gasteiger partial charge in [0.2, 0.25) is 0 Å². The van der Waals surface area contributed by atoms with Gasteiger partial charge < -0.3 is 9.88 Å². The molecule has 19 heavy (non-hydrogen) atoms. The third-order valence-corrected chi connectivity index (χ3v) is 3.53. The van der Waals surface area contributed by atoms with E-state index >= 15 is 0 Å². The minimum absolute atomic E-state index is 0.236. The Bertz CT molecular complexity index is 614. The van der Waals surface area contributed by atoms with Gasteiger partial charge in [0, 0.05) is 44.1 Å². The standard InChI is InChI=1S/C14H19N5/c1-10(14-8-17-19(4)11(14)2)16-7-12-5-13(6-15)18(3)9-12/h5,8-10,16H,7H2,1-4H3. The zero-order valence-corrected chi connectivity index (χ0v) is 11.8. The summed E-state index contributed by atoms with van der Waals surface area (Å²) in [5.41, 5.74) is 4.18. The molecule has 0 aliphatic carbocycles. The number of rotatable bonds is 4. The molecule has 0 aliphatic rings. The number of hydrogen-bond acceptors (Lipinski definition) is 3. The Morgan fingerprint density at radius 1 is 1.47 bits per heavy atom. The first-order chi connectivity index (χ1) is 9.02. The van der Waals surface area contributed by atoms with Gasteiger partial charge in [0.1, 0.15) is 11.8 Å². The van der Waals surface area contributed by atoms with Crippen LogP contribution in [0, 0.1) is 18.3 Å². The van der Waals surface area contributed by atoms with E-state index in [1.165, 1.54) is 11.3 Å². The van der Waals surface area contributed by atoms with Gasteiger partial charge in [-0.1, -0.05) is 0 Å². The summed E-state index contributed by atoms with van der Waals surface area (Å²) < 4.78 is 3.72. The number of aryl methyl sites for hydroxylation is 2. The lowest BCUT2D eigenvalue weighted by atomic mass is 10.1. The van der Waals surface area contributed by atoms with Gasteiger partial charge in [-0.3, -0.25) is 4.68 Å². The average Bonchev–Trinajstić information content (AvgIpc) is 2.91. The van der Waals surface area contributed by atoms with E-state index in [4.69, 9.17) is 5.26 Å². The average molecular weight is 257 g/mol. The maximum absolute atomic E-state index is 8.92. The zero-order chi connectivity index (χ0) is 14.0. The van der Waals surface area contributed by atoms with E-state index in [0.29, 0.717) is 5.69 Å². The van der Waals surface area contributed by atoms with Gasteiger partial charge in [0.25, 0.3) is 0 Å². The molecule has 5 nitrogen and oxygen atoms in total. The molecule has 0 amide bonds. The lowest BCUT2D eigenvalue weighted by Crippen LogP contribution is -2.18. The molecule has 1 atom stereocenters.